The number of rotatable bonds is 10. The van der Waals surface area contributed by atoms with Crippen LogP contribution in [0, 0.1) is 13.8 Å². The molecule has 0 heterocycles. The number of hydrogen-bond donors (Lipinski definition) is 3. The van der Waals surface area contributed by atoms with Crippen molar-refractivity contribution in [1.29, 1.82) is 0 Å². The van der Waals surface area contributed by atoms with E-state index in [9.17, 15) is 9.59 Å². The van der Waals surface area contributed by atoms with Gasteiger partial charge in [0.2, 0.25) is 11.8 Å². The molecule has 0 unspecified atom stereocenters. The fourth-order valence-electron chi connectivity index (χ4n) is 3.63. The van der Waals surface area contributed by atoms with Crippen LogP contribution in [0.1, 0.15) is 35.1 Å². The molecule has 1 radical (unpaired) electrons. The van der Waals surface area contributed by atoms with E-state index in [1.807, 2.05) is 73.7 Å². The number of benzene rings is 3. The van der Waals surface area contributed by atoms with Gasteiger partial charge in [0.25, 0.3) is 0 Å². The Balaban J connectivity index is 1.61. The maximum absolute atomic E-state index is 13.1. The van der Waals surface area contributed by atoms with Crippen LogP contribution in [-0.2, 0) is 16.0 Å². The third-order valence-electron chi connectivity index (χ3n) is 5.56. The summed E-state index contributed by atoms with van der Waals surface area (Å²) in [5.41, 5.74) is 4.60. The Kier molecular flexibility index (Phi) is 8.79. The van der Waals surface area contributed by atoms with Crippen LogP contribution in [-0.4, -0.2) is 30.9 Å². The van der Waals surface area contributed by atoms with Gasteiger partial charge < -0.3 is 16.0 Å². The first kappa shape index (κ1) is 24.2. The molecule has 0 aliphatic rings. The number of hydrogen-bond acceptors (Lipinski definition) is 3. The molecule has 3 N–H and O–H groups in total. The van der Waals surface area contributed by atoms with Gasteiger partial charge in [-0.15, -0.1) is 0 Å². The van der Waals surface area contributed by atoms with Crippen LogP contribution in [0.3, 0.4) is 0 Å². The smallest absolute Gasteiger partial charge is 0.247 e. The second-order valence-corrected chi connectivity index (χ2v) is 8.40. The Labute approximate surface area is 196 Å². The van der Waals surface area contributed by atoms with Gasteiger partial charge in [-0.05, 0) is 48.1 Å². The van der Waals surface area contributed by atoms with E-state index in [0.29, 0.717) is 18.7 Å². The molecule has 3 aromatic rings. The zero-order valence-electron chi connectivity index (χ0n) is 19.3. The molecule has 171 valence electrons. The average Bonchev–Trinajstić information content (AvgIpc) is 2.82. The maximum atomic E-state index is 13.1. The van der Waals surface area contributed by atoms with Crippen molar-refractivity contribution in [1.82, 2.24) is 10.6 Å². The highest BCUT2D eigenvalue weighted by molar-refractivity contribution is 5.98. The van der Waals surface area contributed by atoms with E-state index in [1.165, 1.54) is 5.56 Å². The molecule has 0 bridgehead atoms. The summed E-state index contributed by atoms with van der Waals surface area (Å²) < 4.78 is 0. The van der Waals surface area contributed by atoms with E-state index in [2.05, 4.69) is 41.9 Å². The molecule has 3 rings (SSSR count). The summed E-state index contributed by atoms with van der Waals surface area (Å²) in [6.45, 7) is 8.87. The van der Waals surface area contributed by atoms with Crippen molar-refractivity contribution < 1.29 is 9.59 Å². The number of anilines is 1. The minimum absolute atomic E-state index is 0.140. The van der Waals surface area contributed by atoms with Crippen LogP contribution in [0.25, 0.3) is 0 Å². The molecule has 0 spiro atoms. The van der Waals surface area contributed by atoms with Crippen molar-refractivity contribution in [2.24, 2.45) is 0 Å². The summed E-state index contributed by atoms with van der Waals surface area (Å²) in [4.78, 5) is 25.8. The van der Waals surface area contributed by atoms with E-state index >= 15 is 0 Å². The normalized spacial score (nSPS) is 12.6. The maximum Gasteiger partial charge on any atom is 0.247 e. The molecule has 5 heteroatoms. The molecule has 0 aliphatic heterocycles. The van der Waals surface area contributed by atoms with Gasteiger partial charge in [0.05, 0.1) is 6.54 Å². The second-order valence-electron chi connectivity index (χ2n) is 8.40. The highest BCUT2D eigenvalue weighted by Gasteiger charge is 2.22. The van der Waals surface area contributed by atoms with Crippen LogP contribution in [0.2, 0.25) is 0 Å². The first-order chi connectivity index (χ1) is 15.9. The lowest BCUT2D eigenvalue weighted by Gasteiger charge is -2.20. The Hall–Kier alpha value is -3.44. The summed E-state index contributed by atoms with van der Waals surface area (Å²) in [6.07, 6.45) is 0.400. The summed E-state index contributed by atoms with van der Waals surface area (Å²) in [7, 11) is 0. The quantitative estimate of drug-likeness (QED) is 0.440. The topological polar surface area (TPSA) is 70.2 Å². The number of aryl methyl sites for hydroxylation is 1. The lowest BCUT2D eigenvalue weighted by atomic mass is 10.0. The highest BCUT2D eigenvalue weighted by Crippen LogP contribution is 2.17. The first-order valence-corrected chi connectivity index (χ1v) is 11.2. The van der Waals surface area contributed by atoms with Crippen molar-refractivity contribution in [3.63, 3.8) is 0 Å². The molecule has 2 atom stereocenters. The molecule has 5 nitrogen and oxygen atoms in total. The average molecular weight is 443 g/mol. The molecule has 0 aliphatic carbocycles. The number of nitrogens with one attached hydrogen (secondary N) is 3. The Morgan fingerprint density at radius 2 is 1.61 bits per heavy atom. The van der Waals surface area contributed by atoms with Crippen molar-refractivity contribution in [2.45, 2.75) is 32.2 Å². The predicted octanol–water partition coefficient (Wildman–Crippen LogP) is 4.24. The lowest BCUT2D eigenvalue weighted by Crippen LogP contribution is -2.48. The number of carbonyl (C=O) groups excluding carboxylic acids is 2. The second kappa shape index (κ2) is 12.0. The Morgan fingerprint density at radius 1 is 0.939 bits per heavy atom. The van der Waals surface area contributed by atoms with Crippen molar-refractivity contribution in [2.75, 3.05) is 18.4 Å². The van der Waals surface area contributed by atoms with Gasteiger partial charge in [0.1, 0.15) is 6.04 Å². The van der Waals surface area contributed by atoms with Crippen molar-refractivity contribution in [3.05, 3.63) is 108 Å². The zero-order valence-corrected chi connectivity index (χ0v) is 19.3. The number of amides is 2. The molecule has 0 saturated heterocycles. The summed E-state index contributed by atoms with van der Waals surface area (Å²) in [5, 5.41) is 9.04. The monoisotopic (exact) mass is 442 g/mol. The van der Waals surface area contributed by atoms with E-state index < -0.39 is 6.04 Å². The third kappa shape index (κ3) is 7.58. The summed E-state index contributed by atoms with van der Waals surface area (Å²) in [6, 6.07) is 24.8. The van der Waals surface area contributed by atoms with Gasteiger partial charge in [0.15, 0.2) is 0 Å². The van der Waals surface area contributed by atoms with Crippen LogP contribution in [0.15, 0.2) is 78.9 Å². The van der Waals surface area contributed by atoms with E-state index in [0.717, 1.165) is 16.7 Å². The molecule has 0 saturated carbocycles. The first-order valence-electron chi connectivity index (χ1n) is 11.2. The molecule has 0 aromatic heterocycles. The van der Waals surface area contributed by atoms with E-state index in [4.69, 9.17) is 0 Å². The van der Waals surface area contributed by atoms with E-state index in [-0.39, 0.29) is 24.3 Å². The van der Waals surface area contributed by atoms with Gasteiger partial charge in [0, 0.05) is 18.7 Å². The minimum Gasteiger partial charge on any atom is -0.343 e. The van der Waals surface area contributed by atoms with Gasteiger partial charge >= 0.3 is 0 Å². The Bertz CT molecular complexity index is 1050. The molecular formula is C28H32N3O2. The van der Waals surface area contributed by atoms with Crippen LogP contribution >= 0.6 is 0 Å². The van der Waals surface area contributed by atoms with Gasteiger partial charge in [-0.1, -0.05) is 79.7 Å². The lowest BCUT2D eigenvalue weighted by molar-refractivity contribution is -0.125. The van der Waals surface area contributed by atoms with Crippen LogP contribution in [0.5, 0.6) is 0 Å². The molecule has 3 aromatic carbocycles. The van der Waals surface area contributed by atoms with Gasteiger partial charge in [-0.3, -0.25) is 9.59 Å². The molecule has 0 fully saturated rings. The summed E-state index contributed by atoms with van der Waals surface area (Å²) in [5.74, 6) is -0.204. The fourth-order valence-corrected chi connectivity index (χ4v) is 3.63. The molecule has 33 heavy (non-hydrogen) atoms. The minimum atomic E-state index is -0.701. The van der Waals surface area contributed by atoms with Gasteiger partial charge in [-0.2, -0.15) is 0 Å². The fraction of sp³-hybridized carbons (Fsp3) is 0.250. The van der Waals surface area contributed by atoms with Crippen molar-refractivity contribution in [3.8, 4) is 0 Å². The predicted molar refractivity (Wildman–Crippen MR) is 134 cm³/mol. The largest absolute Gasteiger partial charge is 0.343 e. The molecule has 2 amide bonds. The summed E-state index contributed by atoms with van der Waals surface area (Å²) >= 11 is 0. The SMILES string of the molecule is [CH2]c1ccc(C)cc1NC(=O)[C@@H](Cc1ccccc1)NC(=O)CNC[C@@H](C)c1ccccc1. The highest BCUT2D eigenvalue weighted by atomic mass is 16.2. The van der Waals surface area contributed by atoms with Crippen molar-refractivity contribution >= 4 is 17.5 Å². The zero-order chi connectivity index (χ0) is 23.6. The van der Waals surface area contributed by atoms with E-state index in [1.54, 1.807) is 0 Å². The standard InChI is InChI=1S/C28H32N3O2/c1-20-14-15-21(2)25(16-20)31-28(33)26(17-23-10-6-4-7-11-23)30-27(32)19-29-18-22(3)24-12-8-5-9-13-24/h4-16,22,26,29H,2,17-19H2,1,3H3,(H,30,32)(H,31,33)/t22-,26-/m1/s1. The van der Waals surface area contributed by atoms with Gasteiger partial charge in [-0.25, -0.2) is 0 Å². The Morgan fingerprint density at radius 3 is 2.30 bits per heavy atom. The van der Waals surface area contributed by atoms with Crippen LogP contribution < -0.4 is 16.0 Å². The number of carbonyl (C=O) groups is 2. The molecular weight excluding hydrogens is 410 g/mol. The third-order valence-corrected chi connectivity index (χ3v) is 5.56. The van der Waals surface area contributed by atoms with Crippen LogP contribution in [0.4, 0.5) is 5.69 Å².